The lowest BCUT2D eigenvalue weighted by Crippen LogP contribution is -2.57. The van der Waals surface area contributed by atoms with Gasteiger partial charge in [0.2, 0.25) is 5.91 Å². The lowest BCUT2D eigenvalue weighted by Gasteiger charge is -2.42. The van der Waals surface area contributed by atoms with E-state index in [0.717, 1.165) is 5.56 Å². The molecule has 0 bridgehead atoms. The number of morpholine rings is 1. The van der Waals surface area contributed by atoms with Crippen molar-refractivity contribution in [2.24, 2.45) is 0 Å². The lowest BCUT2D eigenvalue weighted by atomic mass is 9.93. The van der Waals surface area contributed by atoms with Crippen LogP contribution in [0.5, 0.6) is 0 Å². The molecule has 1 unspecified atom stereocenters. The molecule has 6 heteroatoms. The smallest absolute Gasteiger partial charge is 0.236 e. The Labute approximate surface area is 123 Å². The van der Waals surface area contributed by atoms with E-state index < -0.39 is 5.60 Å². The van der Waals surface area contributed by atoms with Crippen LogP contribution in [-0.2, 0) is 16.0 Å². The van der Waals surface area contributed by atoms with Crippen molar-refractivity contribution in [3.8, 4) is 0 Å². The van der Waals surface area contributed by atoms with E-state index in [2.05, 4.69) is 5.32 Å². The second-order valence-corrected chi connectivity index (χ2v) is 5.34. The van der Waals surface area contributed by atoms with Crippen LogP contribution in [0, 0.1) is 5.82 Å². The minimum Gasteiger partial charge on any atom is -0.393 e. The number of carbonyl (C=O) groups is 1. The number of aliphatic hydroxyl groups is 1. The summed E-state index contributed by atoms with van der Waals surface area (Å²) in [5.41, 5.74) is 0.0489. The summed E-state index contributed by atoms with van der Waals surface area (Å²) in [6.07, 6.45) is 0.438. The minimum atomic E-state index is -0.820. The summed E-state index contributed by atoms with van der Waals surface area (Å²) in [6, 6.07) is 6.11. The molecule has 21 heavy (non-hydrogen) atoms. The van der Waals surface area contributed by atoms with Crippen molar-refractivity contribution >= 4 is 5.91 Å². The second kappa shape index (κ2) is 6.98. The van der Waals surface area contributed by atoms with Gasteiger partial charge in [-0.2, -0.15) is 0 Å². The number of likely N-dealkylation sites (N-methyl/N-ethyl adjacent to an activating group) is 1. The Balaban J connectivity index is 2.09. The molecule has 1 aromatic rings. The summed E-state index contributed by atoms with van der Waals surface area (Å²) >= 11 is 0. The predicted octanol–water partition coefficient (Wildman–Crippen LogP) is 0.178. The first kappa shape index (κ1) is 15.9. The fourth-order valence-corrected chi connectivity index (χ4v) is 2.55. The van der Waals surface area contributed by atoms with E-state index in [1.807, 2.05) is 0 Å². The standard InChI is InChI=1S/C15H21FN2O3/c1-17-9-14(20)18-6-7-21-15(10-18,11-19)8-12-2-4-13(16)5-3-12/h2-5,17,19H,6-11H2,1H3. The van der Waals surface area contributed by atoms with Crippen LogP contribution in [0.25, 0.3) is 0 Å². The zero-order valence-corrected chi connectivity index (χ0v) is 12.1. The molecule has 1 aliphatic heterocycles. The molecule has 1 aliphatic rings. The number of hydrogen-bond acceptors (Lipinski definition) is 4. The number of ether oxygens (including phenoxy) is 1. The van der Waals surface area contributed by atoms with E-state index in [-0.39, 0.29) is 24.9 Å². The average Bonchev–Trinajstić information content (AvgIpc) is 2.50. The van der Waals surface area contributed by atoms with Crippen molar-refractivity contribution in [3.05, 3.63) is 35.6 Å². The first-order valence-corrected chi connectivity index (χ1v) is 7.00. The number of hydrogen-bond donors (Lipinski definition) is 2. The van der Waals surface area contributed by atoms with Gasteiger partial charge in [-0.15, -0.1) is 0 Å². The Morgan fingerprint density at radius 1 is 1.48 bits per heavy atom. The molecule has 0 spiro atoms. The number of rotatable bonds is 5. The predicted molar refractivity (Wildman–Crippen MR) is 76.4 cm³/mol. The van der Waals surface area contributed by atoms with Gasteiger partial charge in [0.15, 0.2) is 0 Å². The summed E-state index contributed by atoms with van der Waals surface area (Å²) in [5.74, 6) is -0.315. The highest BCUT2D eigenvalue weighted by Crippen LogP contribution is 2.23. The maximum atomic E-state index is 13.0. The average molecular weight is 296 g/mol. The van der Waals surface area contributed by atoms with Crippen molar-refractivity contribution in [2.45, 2.75) is 12.0 Å². The molecule has 1 aromatic carbocycles. The maximum Gasteiger partial charge on any atom is 0.236 e. The Kier molecular flexibility index (Phi) is 5.27. The van der Waals surface area contributed by atoms with Gasteiger partial charge >= 0.3 is 0 Å². The zero-order chi connectivity index (χ0) is 15.3. The van der Waals surface area contributed by atoms with Crippen LogP contribution < -0.4 is 5.32 Å². The molecule has 0 radical (unpaired) electrons. The van der Waals surface area contributed by atoms with E-state index in [9.17, 15) is 14.3 Å². The number of carbonyl (C=O) groups excluding carboxylic acids is 1. The number of nitrogens with zero attached hydrogens (tertiary/aromatic N) is 1. The SMILES string of the molecule is CNCC(=O)N1CCOC(CO)(Cc2ccc(F)cc2)C1. The zero-order valence-electron chi connectivity index (χ0n) is 12.1. The molecule has 116 valence electrons. The monoisotopic (exact) mass is 296 g/mol. The van der Waals surface area contributed by atoms with Crippen LogP contribution in [0.15, 0.2) is 24.3 Å². The molecule has 0 aliphatic carbocycles. The Hall–Kier alpha value is -1.50. The van der Waals surface area contributed by atoms with Gasteiger partial charge in [-0.25, -0.2) is 4.39 Å². The molecule has 1 saturated heterocycles. The van der Waals surface area contributed by atoms with Crippen LogP contribution in [0.3, 0.4) is 0 Å². The van der Waals surface area contributed by atoms with E-state index >= 15 is 0 Å². The minimum absolute atomic E-state index is 0.0160. The quantitative estimate of drug-likeness (QED) is 0.813. The summed E-state index contributed by atoms with van der Waals surface area (Å²) in [5, 5.41) is 12.6. The van der Waals surface area contributed by atoms with Gasteiger partial charge in [-0.3, -0.25) is 4.79 Å². The van der Waals surface area contributed by atoms with Crippen LogP contribution >= 0.6 is 0 Å². The van der Waals surface area contributed by atoms with Gasteiger partial charge in [0, 0.05) is 13.0 Å². The third kappa shape index (κ3) is 4.00. The van der Waals surface area contributed by atoms with Gasteiger partial charge in [-0.1, -0.05) is 12.1 Å². The fraction of sp³-hybridized carbons (Fsp3) is 0.533. The largest absolute Gasteiger partial charge is 0.393 e. The van der Waals surface area contributed by atoms with Crippen LogP contribution in [-0.4, -0.2) is 61.4 Å². The first-order chi connectivity index (χ1) is 10.1. The normalized spacial score (nSPS) is 22.3. The fourth-order valence-electron chi connectivity index (χ4n) is 2.55. The first-order valence-electron chi connectivity index (χ1n) is 7.00. The van der Waals surface area contributed by atoms with Crippen LogP contribution in [0.1, 0.15) is 5.56 Å². The Bertz CT molecular complexity index is 480. The number of halogens is 1. The number of amides is 1. The van der Waals surface area contributed by atoms with Crippen molar-refractivity contribution < 1.29 is 19.0 Å². The van der Waals surface area contributed by atoms with E-state index in [1.54, 1.807) is 24.1 Å². The number of benzene rings is 1. The molecule has 1 heterocycles. The molecule has 1 atom stereocenters. The lowest BCUT2D eigenvalue weighted by molar-refractivity contribution is -0.157. The van der Waals surface area contributed by atoms with E-state index in [4.69, 9.17) is 4.74 Å². The molecule has 2 N–H and O–H groups in total. The van der Waals surface area contributed by atoms with Crippen molar-refractivity contribution in [2.75, 3.05) is 39.9 Å². The second-order valence-electron chi connectivity index (χ2n) is 5.34. The summed E-state index contributed by atoms with van der Waals surface area (Å²) in [7, 11) is 1.72. The summed E-state index contributed by atoms with van der Waals surface area (Å²) in [6.45, 7) is 1.32. The molecule has 2 rings (SSSR count). The molecule has 0 saturated carbocycles. The van der Waals surface area contributed by atoms with Crippen molar-refractivity contribution in [3.63, 3.8) is 0 Å². The van der Waals surface area contributed by atoms with Gasteiger partial charge < -0.3 is 20.1 Å². The number of nitrogens with one attached hydrogen (secondary N) is 1. The van der Waals surface area contributed by atoms with Crippen LogP contribution in [0.4, 0.5) is 4.39 Å². The van der Waals surface area contributed by atoms with E-state index in [1.165, 1.54) is 12.1 Å². The van der Waals surface area contributed by atoms with Gasteiger partial charge in [-0.05, 0) is 24.7 Å². The summed E-state index contributed by atoms with van der Waals surface area (Å²) < 4.78 is 18.7. The molecular weight excluding hydrogens is 275 g/mol. The van der Waals surface area contributed by atoms with Crippen molar-refractivity contribution in [1.29, 1.82) is 0 Å². The van der Waals surface area contributed by atoms with Gasteiger partial charge in [0.25, 0.3) is 0 Å². The van der Waals surface area contributed by atoms with Gasteiger partial charge in [0.1, 0.15) is 11.4 Å². The third-order valence-corrected chi connectivity index (χ3v) is 3.66. The third-order valence-electron chi connectivity index (χ3n) is 3.66. The molecular formula is C15H21FN2O3. The maximum absolute atomic E-state index is 13.0. The van der Waals surface area contributed by atoms with Gasteiger partial charge in [0.05, 0.1) is 26.3 Å². The molecule has 0 aromatic heterocycles. The van der Waals surface area contributed by atoms with Crippen molar-refractivity contribution in [1.82, 2.24) is 10.2 Å². The molecule has 1 amide bonds. The van der Waals surface area contributed by atoms with Crippen LogP contribution in [0.2, 0.25) is 0 Å². The highest BCUT2D eigenvalue weighted by molar-refractivity contribution is 5.78. The number of aliphatic hydroxyl groups excluding tert-OH is 1. The topological polar surface area (TPSA) is 61.8 Å². The summed E-state index contributed by atoms with van der Waals surface area (Å²) in [4.78, 5) is 13.7. The highest BCUT2D eigenvalue weighted by Gasteiger charge is 2.37. The van der Waals surface area contributed by atoms with E-state index in [0.29, 0.717) is 26.1 Å². The molecule has 5 nitrogen and oxygen atoms in total. The Morgan fingerprint density at radius 3 is 2.81 bits per heavy atom. The highest BCUT2D eigenvalue weighted by atomic mass is 19.1. The molecule has 1 fully saturated rings. The Morgan fingerprint density at radius 2 is 2.19 bits per heavy atom.